The second-order valence-electron chi connectivity index (χ2n) is 10.7. The normalized spacial score (nSPS) is 14.7. The molecule has 4 aromatic rings. The Labute approximate surface area is 275 Å². The number of hydrogen-bond acceptors (Lipinski definition) is 11. The number of rotatable bonds is 10. The molecular formula is C32H35ClN8O6. The summed E-state index contributed by atoms with van der Waals surface area (Å²) in [5.74, 6) is -0.934. The highest BCUT2D eigenvalue weighted by atomic mass is 35.5. The Bertz CT molecular complexity index is 1740. The molecular weight excluding hydrogens is 628 g/mol. The molecule has 0 saturated carbocycles. The van der Waals surface area contributed by atoms with Crippen molar-refractivity contribution in [1.29, 1.82) is 0 Å². The number of carbonyl (C=O) groups is 3. The van der Waals surface area contributed by atoms with Crippen LogP contribution < -0.4 is 10.6 Å². The van der Waals surface area contributed by atoms with Gasteiger partial charge in [-0.15, -0.1) is 5.10 Å². The van der Waals surface area contributed by atoms with E-state index < -0.39 is 12.0 Å². The predicted octanol–water partition coefficient (Wildman–Crippen LogP) is 4.08. The van der Waals surface area contributed by atoms with E-state index in [4.69, 9.17) is 30.8 Å². The fourth-order valence-corrected chi connectivity index (χ4v) is 5.37. The summed E-state index contributed by atoms with van der Waals surface area (Å²) in [6.07, 6.45) is 7.67. The van der Waals surface area contributed by atoms with Crippen LogP contribution in [0.25, 0.3) is 23.0 Å². The monoisotopic (exact) mass is 662 g/mol. The van der Waals surface area contributed by atoms with Crippen LogP contribution in [0, 0.1) is 0 Å². The van der Waals surface area contributed by atoms with Gasteiger partial charge in [-0.2, -0.15) is 4.68 Å². The lowest BCUT2D eigenvalue weighted by molar-refractivity contribution is -0.144. The van der Waals surface area contributed by atoms with Crippen molar-refractivity contribution in [1.82, 2.24) is 35.5 Å². The highest BCUT2D eigenvalue weighted by Gasteiger charge is 2.26. The van der Waals surface area contributed by atoms with Gasteiger partial charge in [-0.1, -0.05) is 36.6 Å². The van der Waals surface area contributed by atoms with Crippen molar-refractivity contribution in [2.24, 2.45) is 0 Å². The fourth-order valence-electron chi connectivity index (χ4n) is 5.19. The van der Waals surface area contributed by atoms with Crippen LogP contribution in [-0.4, -0.2) is 82.0 Å². The van der Waals surface area contributed by atoms with Crippen LogP contribution in [0.1, 0.15) is 59.2 Å². The number of imidazole rings is 1. The fraction of sp³-hybridized carbons (Fsp3) is 0.344. The van der Waals surface area contributed by atoms with Crippen LogP contribution in [-0.2, 0) is 30.2 Å². The summed E-state index contributed by atoms with van der Waals surface area (Å²) < 4.78 is 16.7. The standard InChI is InChI=1S/C32H35ClN8O6/c1-45-14-15-47-28(43)17-20-7-10-23-25(16-20)34-13-5-3-4-6-24(31-37-29(23)30(38-31)32(44)46-2)36-27(42)12-8-21-18-22(33)9-11-26(21)41-19-35-39-40-41/h7-12,16,18-19,24,34H,3-6,13-15,17H2,1-2H3,(H,36,42)(H,37,38)/b12-8+/t24-/m0/s1. The zero-order chi connectivity index (χ0) is 33.2. The van der Waals surface area contributed by atoms with E-state index in [9.17, 15) is 14.4 Å². The van der Waals surface area contributed by atoms with Crippen molar-refractivity contribution >= 4 is 41.2 Å². The molecule has 1 atom stereocenters. The molecule has 3 heterocycles. The van der Waals surface area contributed by atoms with E-state index in [2.05, 4.69) is 31.1 Å². The summed E-state index contributed by atoms with van der Waals surface area (Å²) in [6.45, 7) is 1.15. The quantitative estimate of drug-likeness (QED) is 0.127. The van der Waals surface area contributed by atoms with Gasteiger partial charge >= 0.3 is 11.9 Å². The molecule has 1 aliphatic rings. The first-order chi connectivity index (χ1) is 22.9. The molecule has 0 spiro atoms. The maximum absolute atomic E-state index is 13.3. The lowest BCUT2D eigenvalue weighted by Crippen LogP contribution is -2.28. The molecule has 5 rings (SSSR count). The zero-order valence-corrected chi connectivity index (χ0v) is 26.7. The minimum absolute atomic E-state index is 0.0718. The topological polar surface area (TPSA) is 175 Å². The van der Waals surface area contributed by atoms with E-state index in [0.29, 0.717) is 58.6 Å². The Kier molecular flexibility index (Phi) is 11.3. The van der Waals surface area contributed by atoms with Crippen LogP contribution in [0.15, 0.2) is 48.8 Å². The van der Waals surface area contributed by atoms with Gasteiger partial charge in [0.2, 0.25) is 5.91 Å². The Hall–Kier alpha value is -5.08. The molecule has 0 radical (unpaired) electrons. The lowest BCUT2D eigenvalue weighted by Gasteiger charge is -2.17. The lowest BCUT2D eigenvalue weighted by atomic mass is 10.0. The molecule has 3 N–H and O–H groups in total. The molecule has 2 aromatic heterocycles. The van der Waals surface area contributed by atoms with Crippen LogP contribution >= 0.6 is 11.6 Å². The first-order valence-electron chi connectivity index (χ1n) is 15.1. The largest absolute Gasteiger partial charge is 0.464 e. The molecule has 2 aromatic carbocycles. The van der Waals surface area contributed by atoms with Crippen molar-refractivity contribution < 1.29 is 28.6 Å². The molecule has 15 heteroatoms. The highest BCUT2D eigenvalue weighted by Crippen LogP contribution is 2.33. The molecule has 0 unspecified atom stereocenters. The molecule has 14 nitrogen and oxygen atoms in total. The number of tetrazole rings is 1. The molecule has 0 fully saturated rings. The molecule has 246 valence electrons. The number of nitrogens with zero attached hydrogens (tertiary/aromatic N) is 5. The molecule has 1 amide bonds. The number of halogens is 1. The Balaban J connectivity index is 1.43. The highest BCUT2D eigenvalue weighted by molar-refractivity contribution is 6.30. The summed E-state index contributed by atoms with van der Waals surface area (Å²) >= 11 is 6.23. The van der Waals surface area contributed by atoms with Gasteiger partial charge in [0.1, 0.15) is 24.5 Å². The SMILES string of the molecule is COCCOC(=O)Cc1ccc2c(c1)NCCCCC[C@H](NC(=O)/C=C/c1cc(Cl)ccc1-n1cnnn1)c1nc-2c(C(=O)OC)[nH]1. The number of aromatic amines is 1. The molecule has 0 aliphatic carbocycles. The number of benzene rings is 2. The van der Waals surface area contributed by atoms with Gasteiger partial charge in [-0.25, -0.2) is 9.78 Å². The van der Waals surface area contributed by atoms with Crippen molar-refractivity contribution in [3.05, 3.63) is 76.5 Å². The van der Waals surface area contributed by atoms with Crippen molar-refractivity contribution in [3.8, 4) is 16.9 Å². The van der Waals surface area contributed by atoms with E-state index in [0.717, 1.165) is 24.8 Å². The van der Waals surface area contributed by atoms with Gasteiger partial charge in [0.25, 0.3) is 0 Å². The van der Waals surface area contributed by atoms with Crippen LogP contribution in [0.3, 0.4) is 0 Å². The maximum Gasteiger partial charge on any atom is 0.356 e. The third-order valence-corrected chi connectivity index (χ3v) is 7.72. The average molecular weight is 663 g/mol. The first-order valence-corrected chi connectivity index (χ1v) is 15.5. The number of aromatic nitrogens is 6. The zero-order valence-electron chi connectivity index (χ0n) is 26.0. The number of methoxy groups -OCH3 is 2. The van der Waals surface area contributed by atoms with E-state index in [1.807, 2.05) is 12.1 Å². The van der Waals surface area contributed by atoms with E-state index in [1.165, 1.54) is 31.3 Å². The number of hydrogen-bond donors (Lipinski definition) is 3. The summed E-state index contributed by atoms with van der Waals surface area (Å²) in [4.78, 5) is 46.5. The van der Waals surface area contributed by atoms with Crippen LogP contribution in [0.5, 0.6) is 0 Å². The summed E-state index contributed by atoms with van der Waals surface area (Å²) in [5.41, 5.74) is 3.89. The first kappa shape index (κ1) is 33.3. The van der Waals surface area contributed by atoms with Gasteiger partial charge in [0, 0.05) is 41.6 Å². The summed E-state index contributed by atoms with van der Waals surface area (Å²) in [6, 6.07) is 10.1. The minimum atomic E-state index is -0.605. The summed E-state index contributed by atoms with van der Waals surface area (Å²) in [7, 11) is 2.83. The third kappa shape index (κ3) is 8.60. The van der Waals surface area contributed by atoms with Gasteiger partial charge in [-0.05, 0) is 59.2 Å². The predicted molar refractivity (Wildman–Crippen MR) is 173 cm³/mol. The van der Waals surface area contributed by atoms with Crippen LogP contribution in [0.4, 0.5) is 5.69 Å². The Morgan fingerprint density at radius 3 is 2.77 bits per heavy atom. The Morgan fingerprint density at radius 2 is 1.98 bits per heavy atom. The van der Waals surface area contributed by atoms with E-state index in [-0.39, 0.29) is 30.6 Å². The second kappa shape index (κ2) is 16.0. The molecule has 47 heavy (non-hydrogen) atoms. The minimum Gasteiger partial charge on any atom is -0.464 e. The summed E-state index contributed by atoms with van der Waals surface area (Å²) in [5, 5.41) is 18.3. The Morgan fingerprint density at radius 1 is 1.11 bits per heavy atom. The van der Waals surface area contributed by atoms with Gasteiger partial charge < -0.3 is 29.8 Å². The second-order valence-corrected chi connectivity index (χ2v) is 11.2. The number of anilines is 1. The number of fused-ring (bicyclic) bond motifs is 4. The third-order valence-electron chi connectivity index (χ3n) is 7.48. The van der Waals surface area contributed by atoms with Gasteiger partial charge in [0.15, 0.2) is 5.69 Å². The van der Waals surface area contributed by atoms with Crippen molar-refractivity contribution in [3.63, 3.8) is 0 Å². The number of ether oxygens (including phenoxy) is 3. The number of esters is 2. The van der Waals surface area contributed by atoms with E-state index in [1.54, 1.807) is 30.3 Å². The number of H-pyrrole nitrogens is 1. The molecule has 0 saturated heterocycles. The smallest absolute Gasteiger partial charge is 0.356 e. The average Bonchev–Trinajstić information content (AvgIpc) is 3.76. The van der Waals surface area contributed by atoms with E-state index >= 15 is 0 Å². The number of nitrogens with one attached hydrogen (secondary N) is 3. The molecule has 1 aliphatic heterocycles. The van der Waals surface area contributed by atoms with Crippen molar-refractivity contribution in [2.75, 3.05) is 39.3 Å². The van der Waals surface area contributed by atoms with Crippen molar-refractivity contribution in [2.45, 2.75) is 38.1 Å². The van der Waals surface area contributed by atoms with Gasteiger partial charge in [-0.3, -0.25) is 9.59 Å². The number of amides is 1. The van der Waals surface area contributed by atoms with Gasteiger partial charge in [0.05, 0.1) is 31.9 Å². The number of carbonyl (C=O) groups excluding carboxylic acids is 3. The molecule has 2 bridgehead atoms. The van der Waals surface area contributed by atoms with Crippen LogP contribution in [0.2, 0.25) is 5.02 Å². The maximum atomic E-state index is 13.3.